The average Bonchev–Trinajstić information content (AvgIpc) is 2.25. The van der Waals surface area contributed by atoms with Gasteiger partial charge in [-0.1, -0.05) is 46.8 Å². The molecule has 18 heavy (non-hydrogen) atoms. The third-order valence-electron chi connectivity index (χ3n) is 2.73. The molecule has 1 nitrogen and oxygen atoms in total. The molecular formula is C16H27NS. The summed E-state index contributed by atoms with van der Waals surface area (Å²) in [6.45, 7) is 12.2. The van der Waals surface area contributed by atoms with Crippen LogP contribution in [0.2, 0.25) is 0 Å². The van der Waals surface area contributed by atoms with Crippen LogP contribution < -0.4 is 5.32 Å². The molecule has 0 aromatic heterocycles. The Balaban J connectivity index is 2.44. The molecule has 0 aliphatic rings. The van der Waals surface area contributed by atoms with Gasteiger partial charge in [0, 0.05) is 17.5 Å². The second-order valence-electron chi connectivity index (χ2n) is 6.34. The van der Waals surface area contributed by atoms with E-state index in [1.807, 2.05) is 11.8 Å². The van der Waals surface area contributed by atoms with Crippen LogP contribution in [-0.2, 0) is 6.54 Å². The van der Waals surface area contributed by atoms with Crippen molar-refractivity contribution in [2.75, 3.05) is 5.75 Å². The zero-order valence-corrected chi connectivity index (χ0v) is 13.2. The van der Waals surface area contributed by atoms with Gasteiger partial charge in [0.15, 0.2) is 0 Å². The van der Waals surface area contributed by atoms with Gasteiger partial charge in [-0.2, -0.15) is 0 Å². The lowest BCUT2D eigenvalue weighted by Crippen LogP contribution is -2.21. The van der Waals surface area contributed by atoms with E-state index >= 15 is 0 Å². The highest BCUT2D eigenvalue weighted by Gasteiger charge is 2.09. The highest BCUT2D eigenvalue weighted by molar-refractivity contribution is 7.99. The minimum absolute atomic E-state index is 0.434. The Bertz CT molecular complexity index is 352. The number of rotatable bonds is 6. The second-order valence-corrected chi connectivity index (χ2v) is 7.51. The number of nitrogens with one attached hydrogen (secondary N) is 1. The Labute approximate surface area is 117 Å². The first-order valence-corrected chi connectivity index (χ1v) is 7.80. The van der Waals surface area contributed by atoms with Crippen molar-refractivity contribution in [3.05, 3.63) is 29.8 Å². The minimum Gasteiger partial charge on any atom is -0.310 e. The molecule has 1 N–H and O–H groups in total. The van der Waals surface area contributed by atoms with Crippen molar-refractivity contribution in [2.45, 2.75) is 58.5 Å². The van der Waals surface area contributed by atoms with Gasteiger partial charge in [0.2, 0.25) is 0 Å². The predicted octanol–water partition coefficient (Wildman–Crippen LogP) is 4.71. The van der Waals surface area contributed by atoms with E-state index in [2.05, 4.69) is 64.2 Å². The summed E-state index contributed by atoms with van der Waals surface area (Å²) in [5.74, 6) is 1.20. The van der Waals surface area contributed by atoms with Crippen molar-refractivity contribution in [3.8, 4) is 0 Å². The second kappa shape index (κ2) is 7.20. The van der Waals surface area contributed by atoms with Crippen LogP contribution in [0.15, 0.2) is 29.2 Å². The summed E-state index contributed by atoms with van der Waals surface area (Å²) in [7, 11) is 0. The van der Waals surface area contributed by atoms with Crippen LogP contribution in [-0.4, -0.2) is 11.8 Å². The van der Waals surface area contributed by atoms with E-state index in [1.165, 1.54) is 22.6 Å². The van der Waals surface area contributed by atoms with Crippen molar-refractivity contribution in [1.29, 1.82) is 0 Å². The summed E-state index contributed by atoms with van der Waals surface area (Å²) < 4.78 is 0. The van der Waals surface area contributed by atoms with Crippen LogP contribution in [0, 0.1) is 5.41 Å². The Morgan fingerprint density at radius 2 is 1.94 bits per heavy atom. The maximum Gasteiger partial charge on any atom is 0.0208 e. The SMILES string of the molecule is CC(C)NCc1cccc(SCCC(C)(C)C)c1. The fourth-order valence-corrected chi connectivity index (χ4v) is 2.90. The smallest absolute Gasteiger partial charge is 0.0208 e. The number of hydrogen-bond donors (Lipinski definition) is 1. The molecule has 1 rings (SSSR count). The molecule has 2 heteroatoms. The lowest BCUT2D eigenvalue weighted by molar-refractivity contribution is 0.401. The van der Waals surface area contributed by atoms with Gasteiger partial charge < -0.3 is 5.32 Å². The van der Waals surface area contributed by atoms with Crippen molar-refractivity contribution >= 4 is 11.8 Å². The Hall–Kier alpha value is -0.470. The molecule has 0 fully saturated rings. The standard InChI is InChI=1S/C16H27NS/c1-13(2)17-12-14-7-6-8-15(11-14)18-10-9-16(3,4)5/h6-8,11,13,17H,9-10,12H2,1-5H3. The van der Waals surface area contributed by atoms with E-state index in [4.69, 9.17) is 0 Å². The highest BCUT2D eigenvalue weighted by atomic mass is 32.2. The molecule has 0 unspecified atom stereocenters. The predicted molar refractivity (Wildman–Crippen MR) is 83.2 cm³/mol. The molecule has 0 saturated heterocycles. The summed E-state index contributed by atoms with van der Waals surface area (Å²) in [6.07, 6.45) is 1.26. The topological polar surface area (TPSA) is 12.0 Å². The van der Waals surface area contributed by atoms with Gasteiger partial charge in [-0.25, -0.2) is 0 Å². The van der Waals surface area contributed by atoms with E-state index < -0.39 is 0 Å². The van der Waals surface area contributed by atoms with Gasteiger partial charge in [0.1, 0.15) is 0 Å². The van der Waals surface area contributed by atoms with E-state index in [0.29, 0.717) is 11.5 Å². The number of hydrogen-bond acceptors (Lipinski definition) is 2. The van der Waals surface area contributed by atoms with Crippen LogP contribution in [0.1, 0.15) is 46.6 Å². The van der Waals surface area contributed by atoms with Crippen LogP contribution in [0.4, 0.5) is 0 Å². The zero-order valence-electron chi connectivity index (χ0n) is 12.4. The zero-order chi connectivity index (χ0) is 13.6. The summed E-state index contributed by atoms with van der Waals surface area (Å²) in [6, 6.07) is 9.43. The van der Waals surface area contributed by atoms with Gasteiger partial charge in [-0.05, 0) is 35.3 Å². The van der Waals surface area contributed by atoms with Gasteiger partial charge in [-0.15, -0.1) is 11.8 Å². The van der Waals surface area contributed by atoms with E-state index in [9.17, 15) is 0 Å². The van der Waals surface area contributed by atoms with Crippen molar-refractivity contribution in [3.63, 3.8) is 0 Å². The minimum atomic E-state index is 0.434. The summed E-state index contributed by atoms with van der Waals surface area (Å²) in [4.78, 5) is 1.39. The van der Waals surface area contributed by atoms with Gasteiger partial charge in [0.05, 0.1) is 0 Å². The van der Waals surface area contributed by atoms with Crippen LogP contribution >= 0.6 is 11.8 Å². The fraction of sp³-hybridized carbons (Fsp3) is 0.625. The van der Waals surface area contributed by atoms with Gasteiger partial charge >= 0.3 is 0 Å². The Morgan fingerprint density at radius 3 is 2.56 bits per heavy atom. The molecule has 0 bridgehead atoms. The van der Waals surface area contributed by atoms with Crippen molar-refractivity contribution in [2.24, 2.45) is 5.41 Å². The molecule has 102 valence electrons. The molecule has 0 aliphatic heterocycles. The molecule has 0 aliphatic carbocycles. The molecule has 0 radical (unpaired) electrons. The molecular weight excluding hydrogens is 238 g/mol. The summed E-state index contributed by atoms with van der Waals surface area (Å²) >= 11 is 1.97. The Kier molecular flexibility index (Phi) is 6.24. The van der Waals surface area contributed by atoms with Crippen LogP contribution in [0.3, 0.4) is 0 Å². The van der Waals surface area contributed by atoms with Crippen LogP contribution in [0.25, 0.3) is 0 Å². The molecule has 1 aromatic rings. The summed E-state index contributed by atoms with van der Waals surface area (Å²) in [5.41, 5.74) is 1.81. The fourth-order valence-electron chi connectivity index (χ4n) is 1.54. The maximum absolute atomic E-state index is 3.46. The lowest BCUT2D eigenvalue weighted by Gasteiger charge is -2.17. The quantitative estimate of drug-likeness (QED) is 0.747. The third-order valence-corrected chi connectivity index (χ3v) is 3.73. The summed E-state index contributed by atoms with van der Waals surface area (Å²) in [5, 5.41) is 3.46. The molecule has 0 heterocycles. The molecule has 0 saturated carbocycles. The lowest BCUT2D eigenvalue weighted by atomic mass is 9.94. The van der Waals surface area contributed by atoms with Gasteiger partial charge in [-0.3, -0.25) is 0 Å². The number of thioether (sulfide) groups is 1. The normalized spacial score (nSPS) is 12.1. The maximum atomic E-state index is 3.46. The largest absolute Gasteiger partial charge is 0.310 e. The molecule has 0 amide bonds. The highest BCUT2D eigenvalue weighted by Crippen LogP contribution is 2.26. The first kappa shape index (κ1) is 15.6. The average molecular weight is 265 g/mol. The van der Waals surface area contributed by atoms with Crippen molar-refractivity contribution in [1.82, 2.24) is 5.32 Å². The van der Waals surface area contributed by atoms with E-state index in [-0.39, 0.29) is 0 Å². The first-order valence-electron chi connectivity index (χ1n) is 6.82. The first-order chi connectivity index (χ1) is 8.37. The molecule has 0 atom stereocenters. The number of benzene rings is 1. The molecule has 0 spiro atoms. The van der Waals surface area contributed by atoms with Crippen LogP contribution in [0.5, 0.6) is 0 Å². The van der Waals surface area contributed by atoms with Gasteiger partial charge in [0.25, 0.3) is 0 Å². The van der Waals surface area contributed by atoms with E-state index in [0.717, 1.165) is 6.54 Å². The Morgan fingerprint density at radius 1 is 1.22 bits per heavy atom. The monoisotopic (exact) mass is 265 g/mol. The molecule has 1 aromatic carbocycles. The van der Waals surface area contributed by atoms with Crippen molar-refractivity contribution < 1.29 is 0 Å². The van der Waals surface area contributed by atoms with E-state index in [1.54, 1.807) is 0 Å². The third kappa shape index (κ3) is 7.07.